The molecule has 3 aliphatic rings. The van der Waals surface area contributed by atoms with Crippen molar-refractivity contribution >= 4 is 35.6 Å². The van der Waals surface area contributed by atoms with Gasteiger partial charge in [-0.2, -0.15) is 0 Å². The first-order valence-corrected chi connectivity index (χ1v) is 10.5. The van der Waals surface area contributed by atoms with Gasteiger partial charge in [0.15, 0.2) is 5.96 Å². The summed E-state index contributed by atoms with van der Waals surface area (Å²) in [7, 11) is 1.78. The molecule has 0 bridgehead atoms. The van der Waals surface area contributed by atoms with Crippen LogP contribution >= 0.6 is 24.0 Å². The van der Waals surface area contributed by atoms with Gasteiger partial charge in [-0.3, -0.25) is 4.99 Å². The van der Waals surface area contributed by atoms with Crippen LogP contribution in [0.25, 0.3) is 0 Å². The number of ether oxygens (including phenoxy) is 3. The van der Waals surface area contributed by atoms with Crippen molar-refractivity contribution in [3.63, 3.8) is 0 Å². The molecule has 1 N–H and O–H groups in total. The van der Waals surface area contributed by atoms with Crippen molar-refractivity contribution in [3.8, 4) is 0 Å². The minimum Gasteiger partial charge on any atom is -0.378 e. The summed E-state index contributed by atoms with van der Waals surface area (Å²) in [4.78, 5) is 8.66. The van der Waals surface area contributed by atoms with Gasteiger partial charge in [0.05, 0.1) is 31.6 Å². The topological polar surface area (TPSA) is 58.6 Å². The molecule has 4 rings (SSSR count). The number of hydrogen-bond acceptors (Lipinski definition) is 5. The number of nitrogens with zero attached hydrogens (tertiary/aromatic N) is 3. The average molecular weight is 534 g/mol. The summed E-state index contributed by atoms with van der Waals surface area (Å²) in [6, 6.07) is 5.45. The van der Waals surface area contributed by atoms with Crippen LogP contribution in [0.4, 0.5) is 10.1 Å². The van der Waals surface area contributed by atoms with Crippen LogP contribution in [0.1, 0.15) is 18.4 Å². The first-order chi connectivity index (χ1) is 14.2. The molecule has 0 amide bonds. The molecule has 2 unspecified atom stereocenters. The van der Waals surface area contributed by atoms with Gasteiger partial charge < -0.3 is 29.3 Å². The summed E-state index contributed by atoms with van der Waals surface area (Å²) in [6.45, 7) is 6.29. The molecule has 9 heteroatoms. The zero-order chi connectivity index (χ0) is 20.1. The zero-order valence-electron chi connectivity index (χ0n) is 17.5. The van der Waals surface area contributed by atoms with E-state index in [0.717, 1.165) is 57.2 Å². The molecule has 0 saturated carbocycles. The summed E-state index contributed by atoms with van der Waals surface area (Å²) in [6.07, 6.45) is 2.41. The fourth-order valence-electron chi connectivity index (χ4n) is 4.22. The molecule has 3 saturated heterocycles. The monoisotopic (exact) mass is 534 g/mol. The molecule has 7 nitrogen and oxygen atoms in total. The third-order valence-electron chi connectivity index (χ3n) is 5.80. The Kier molecular flexibility index (Phi) is 8.97. The first kappa shape index (κ1) is 23.5. The predicted octanol–water partition coefficient (Wildman–Crippen LogP) is 2.24. The van der Waals surface area contributed by atoms with Gasteiger partial charge in [0.1, 0.15) is 11.9 Å². The lowest BCUT2D eigenvalue weighted by molar-refractivity contribution is -0.0817. The number of halogens is 2. The van der Waals surface area contributed by atoms with E-state index in [1.54, 1.807) is 13.1 Å². The molecule has 2 atom stereocenters. The van der Waals surface area contributed by atoms with E-state index in [1.807, 2.05) is 17.0 Å². The van der Waals surface area contributed by atoms with Crippen molar-refractivity contribution in [1.82, 2.24) is 10.2 Å². The summed E-state index contributed by atoms with van der Waals surface area (Å²) in [5.41, 5.74) is 1.54. The number of rotatable bonds is 4. The first-order valence-electron chi connectivity index (χ1n) is 10.5. The average Bonchev–Trinajstić information content (AvgIpc) is 3.30. The number of aliphatic imine (C=N–C) groups is 1. The maximum Gasteiger partial charge on any atom is 0.194 e. The molecule has 3 aliphatic heterocycles. The summed E-state index contributed by atoms with van der Waals surface area (Å²) >= 11 is 0. The molecule has 0 spiro atoms. The van der Waals surface area contributed by atoms with Crippen LogP contribution in [0.3, 0.4) is 0 Å². The van der Waals surface area contributed by atoms with Crippen LogP contribution in [0, 0.1) is 5.82 Å². The van der Waals surface area contributed by atoms with Crippen LogP contribution < -0.4 is 10.2 Å². The highest BCUT2D eigenvalue weighted by molar-refractivity contribution is 14.0. The van der Waals surface area contributed by atoms with Gasteiger partial charge in [0.25, 0.3) is 0 Å². The van der Waals surface area contributed by atoms with Crippen molar-refractivity contribution in [2.45, 2.75) is 31.6 Å². The maximum atomic E-state index is 14.6. The normalized spacial score (nSPS) is 25.2. The maximum absolute atomic E-state index is 14.6. The zero-order valence-corrected chi connectivity index (χ0v) is 19.8. The van der Waals surface area contributed by atoms with Crippen molar-refractivity contribution in [3.05, 3.63) is 29.6 Å². The molecular weight excluding hydrogens is 502 g/mol. The summed E-state index contributed by atoms with van der Waals surface area (Å²) < 4.78 is 31.7. The standard InChI is InChI=1S/C21H31FN4O3.HI/c1-23-21(26-8-12-29-20(15-26)19-3-2-9-28-19)24-14-16-4-5-18(17(22)13-16)25-6-10-27-11-7-25;/h4-5,13,19-20H,2-3,6-12,14-15H2,1H3,(H,23,24);1H. The second-order valence-corrected chi connectivity index (χ2v) is 7.69. The van der Waals surface area contributed by atoms with Gasteiger partial charge in [0.2, 0.25) is 0 Å². The molecule has 3 heterocycles. The van der Waals surface area contributed by atoms with Crippen molar-refractivity contribution in [2.75, 3.05) is 64.6 Å². The Bertz CT molecular complexity index is 711. The van der Waals surface area contributed by atoms with Crippen molar-refractivity contribution in [2.24, 2.45) is 4.99 Å². The molecule has 1 aromatic rings. The molecule has 0 radical (unpaired) electrons. The Balaban J connectivity index is 0.00000256. The lowest BCUT2D eigenvalue weighted by Gasteiger charge is -2.37. The highest BCUT2D eigenvalue weighted by Crippen LogP contribution is 2.23. The Morgan fingerprint density at radius 1 is 1.13 bits per heavy atom. The van der Waals surface area contributed by atoms with Gasteiger partial charge in [-0.15, -0.1) is 24.0 Å². The predicted molar refractivity (Wildman–Crippen MR) is 125 cm³/mol. The number of nitrogens with one attached hydrogen (secondary N) is 1. The van der Waals surface area contributed by atoms with E-state index in [9.17, 15) is 4.39 Å². The minimum atomic E-state index is -0.189. The Labute approximate surface area is 195 Å². The molecular formula is C21H32FIN4O3. The third-order valence-corrected chi connectivity index (χ3v) is 5.80. The van der Waals surface area contributed by atoms with Crippen LogP contribution in [-0.4, -0.2) is 82.7 Å². The van der Waals surface area contributed by atoms with E-state index < -0.39 is 0 Å². The van der Waals surface area contributed by atoms with Crippen LogP contribution in [0.2, 0.25) is 0 Å². The second-order valence-electron chi connectivity index (χ2n) is 7.69. The fourth-order valence-corrected chi connectivity index (χ4v) is 4.22. The molecule has 0 aliphatic carbocycles. The van der Waals surface area contributed by atoms with Gasteiger partial charge in [0, 0.05) is 46.4 Å². The minimum absolute atomic E-state index is 0. The molecule has 3 fully saturated rings. The number of benzene rings is 1. The van der Waals surface area contributed by atoms with Gasteiger partial charge >= 0.3 is 0 Å². The van der Waals surface area contributed by atoms with Gasteiger partial charge in [-0.1, -0.05) is 6.07 Å². The molecule has 30 heavy (non-hydrogen) atoms. The number of anilines is 1. The van der Waals surface area contributed by atoms with Gasteiger partial charge in [-0.05, 0) is 30.5 Å². The lowest BCUT2D eigenvalue weighted by Crippen LogP contribution is -2.53. The smallest absolute Gasteiger partial charge is 0.194 e. The third kappa shape index (κ3) is 5.74. The Hall–Kier alpha value is -1.17. The highest BCUT2D eigenvalue weighted by Gasteiger charge is 2.32. The molecule has 168 valence electrons. The number of hydrogen-bond donors (Lipinski definition) is 1. The fraction of sp³-hybridized carbons (Fsp3) is 0.667. The second kappa shape index (κ2) is 11.4. The lowest BCUT2D eigenvalue weighted by atomic mass is 10.1. The highest BCUT2D eigenvalue weighted by atomic mass is 127. The Morgan fingerprint density at radius 3 is 2.63 bits per heavy atom. The summed E-state index contributed by atoms with van der Waals surface area (Å²) in [5.74, 6) is 0.625. The van der Waals surface area contributed by atoms with E-state index in [-0.39, 0.29) is 42.0 Å². The quantitative estimate of drug-likeness (QED) is 0.364. The van der Waals surface area contributed by atoms with E-state index in [4.69, 9.17) is 14.2 Å². The van der Waals surface area contributed by atoms with Crippen LogP contribution in [0.5, 0.6) is 0 Å². The summed E-state index contributed by atoms with van der Waals surface area (Å²) in [5, 5.41) is 3.37. The SMILES string of the molecule is CN=C(NCc1ccc(N2CCOCC2)c(F)c1)N1CCOC(C2CCCO2)C1.I. The van der Waals surface area contributed by atoms with E-state index >= 15 is 0 Å². The van der Waals surface area contributed by atoms with E-state index in [2.05, 4.69) is 15.2 Å². The van der Waals surface area contributed by atoms with Crippen molar-refractivity contribution in [1.29, 1.82) is 0 Å². The largest absolute Gasteiger partial charge is 0.378 e. The van der Waals surface area contributed by atoms with Crippen LogP contribution in [-0.2, 0) is 20.8 Å². The number of morpholine rings is 2. The van der Waals surface area contributed by atoms with Crippen LogP contribution in [0.15, 0.2) is 23.2 Å². The van der Waals surface area contributed by atoms with E-state index in [1.165, 1.54) is 0 Å². The molecule has 1 aromatic carbocycles. The Morgan fingerprint density at radius 2 is 1.93 bits per heavy atom. The van der Waals surface area contributed by atoms with E-state index in [0.29, 0.717) is 32.1 Å². The number of guanidine groups is 1. The molecule has 0 aromatic heterocycles. The van der Waals surface area contributed by atoms with Gasteiger partial charge in [-0.25, -0.2) is 4.39 Å². The van der Waals surface area contributed by atoms with Crippen molar-refractivity contribution < 1.29 is 18.6 Å².